The van der Waals surface area contributed by atoms with Crippen LogP contribution in [-0.2, 0) is 19.6 Å². The van der Waals surface area contributed by atoms with Crippen LogP contribution in [0.15, 0.2) is 53.4 Å². The molecule has 1 saturated heterocycles. The number of nitrogens with one attached hydrogen (secondary N) is 1. The second-order valence-corrected chi connectivity index (χ2v) is 10.3. The van der Waals surface area contributed by atoms with E-state index in [-0.39, 0.29) is 29.7 Å². The van der Waals surface area contributed by atoms with E-state index < -0.39 is 15.9 Å². The molecule has 0 spiro atoms. The van der Waals surface area contributed by atoms with Crippen LogP contribution >= 0.6 is 11.3 Å². The fraction of sp³-hybridized carbons (Fsp3) is 0.250. The number of anilines is 2. The van der Waals surface area contributed by atoms with Crippen LogP contribution in [0.2, 0.25) is 0 Å². The molecule has 0 aliphatic carbocycles. The SMILES string of the molecule is CN(C)S(=O)(=O)c1ccc(N2C[C@H](C(=O)Nc3nc4ccccc4s3)CC2=O)cc1. The molecule has 156 valence electrons. The Morgan fingerprint density at radius 1 is 1.17 bits per heavy atom. The van der Waals surface area contributed by atoms with Crippen molar-refractivity contribution < 1.29 is 18.0 Å². The summed E-state index contributed by atoms with van der Waals surface area (Å²) < 4.78 is 26.5. The summed E-state index contributed by atoms with van der Waals surface area (Å²) in [6, 6.07) is 13.7. The smallest absolute Gasteiger partial charge is 0.242 e. The van der Waals surface area contributed by atoms with Crippen LogP contribution in [0.25, 0.3) is 10.2 Å². The number of benzene rings is 2. The highest BCUT2D eigenvalue weighted by atomic mass is 32.2. The van der Waals surface area contributed by atoms with Crippen LogP contribution < -0.4 is 10.2 Å². The summed E-state index contributed by atoms with van der Waals surface area (Å²) in [4.78, 5) is 31.2. The first-order valence-electron chi connectivity index (χ1n) is 9.25. The van der Waals surface area contributed by atoms with Crippen molar-refractivity contribution in [3.05, 3.63) is 48.5 Å². The maximum atomic E-state index is 12.7. The largest absolute Gasteiger partial charge is 0.312 e. The maximum absolute atomic E-state index is 12.7. The quantitative estimate of drug-likeness (QED) is 0.652. The number of amides is 2. The minimum absolute atomic E-state index is 0.0917. The van der Waals surface area contributed by atoms with Gasteiger partial charge in [-0.15, -0.1) is 0 Å². The van der Waals surface area contributed by atoms with E-state index in [1.807, 2.05) is 24.3 Å². The molecule has 0 saturated carbocycles. The first-order valence-corrected chi connectivity index (χ1v) is 11.5. The van der Waals surface area contributed by atoms with Crippen molar-refractivity contribution in [3.8, 4) is 0 Å². The van der Waals surface area contributed by atoms with E-state index in [0.29, 0.717) is 10.8 Å². The Hall–Kier alpha value is -2.82. The molecule has 0 radical (unpaired) electrons. The van der Waals surface area contributed by atoms with Crippen LogP contribution in [0, 0.1) is 5.92 Å². The van der Waals surface area contributed by atoms with Gasteiger partial charge in [0, 0.05) is 32.7 Å². The molecule has 1 atom stereocenters. The lowest BCUT2D eigenvalue weighted by Gasteiger charge is -2.18. The monoisotopic (exact) mass is 444 g/mol. The van der Waals surface area contributed by atoms with Gasteiger partial charge in [-0.05, 0) is 36.4 Å². The van der Waals surface area contributed by atoms with Gasteiger partial charge in [-0.2, -0.15) is 0 Å². The first-order chi connectivity index (χ1) is 14.3. The molecule has 1 aromatic heterocycles. The summed E-state index contributed by atoms with van der Waals surface area (Å²) in [5.41, 5.74) is 1.38. The number of rotatable bonds is 5. The number of fused-ring (bicyclic) bond motifs is 1. The minimum atomic E-state index is -3.54. The molecule has 0 bridgehead atoms. The molecule has 1 N–H and O–H groups in total. The Morgan fingerprint density at radius 2 is 1.87 bits per heavy atom. The van der Waals surface area contributed by atoms with Crippen molar-refractivity contribution in [2.75, 3.05) is 30.9 Å². The minimum Gasteiger partial charge on any atom is -0.312 e. The number of hydrogen-bond donors (Lipinski definition) is 1. The van der Waals surface area contributed by atoms with Gasteiger partial charge in [0.1, 0.15) is 0 Å². The van der Waals surface area contributed by atoms with Gasteiger partial charge in [-0.1, -0.05) is 23.5 Å². The molecule has 2 amide bonds. The van der Waals surface area contributed by atoms with Crippen molar-refractivity contribution in [1.82, 2.24) is 9.29 Å². The highest BCUT2D eigenvalue weighted by molar-refractivity contribution is 7.89. The standard InChI is InChI=1S/C20H20N4O4S2/c1-23(2)30(27,28)15-9-7-14(8-10-15)24-12-13(11-18(24)25)19(26)22-20-21-16-5-3-4-6-17(16)29-20/h3-10,13H,11-12H2,1-2H3,(H,21,22,26)/t13-/m1/s1. The predicted octanol–water partition coefficient (Wildman–Crippen LogP) is 2.54. The molecule has 4 rings (SSSR count). The van der Waals surface area contributed by atoms with Crippen molar-refractivity contribution in [2.24, 2.45) is 5.92 Å². The second kappa shape index (κ2) is 7.78. The number of carbonyl (C=O) groups is 2. The normalized spacial score (nSPS) is 17.1. The fourth-order valence-electron chi connectivity index (χ4n) is 3.27. The molecule has 1 aliphatic rings. The lowest BCUT2D eigenvalue weighted by Crippen LogP contribution is -2.28. The zero-order valence-corrected chi connectivity index (χ0v) is 18.0. The van der Waals surface area contributed by atoms with Gasteiger partial charge in [-0.25, -0.2) is 17.7 Å². The van der Waals surface area contributed by atoms with Gasteiger partial charge in [0.2, 0.25) is 21.8 Å². The number of thiazole rings is 1. The maximum Gasteiger partial charge on any atom is 0.242 e. The molecular formula is C20H20N4O4S2. The predicted molar refractivity (Wildman–Crippen MR) is 116 cm³/mol. The van der Waals surface area contributed by atoms with Crippen LogP contribution in [0.1, 0.15) is 6.42 Å². The summed E-state index contributed by atoms with van der Waals surface area (Å²) in [7, 11) is -0.620. The molecule has 8 nitrogen and oxygen atoms in total. The van der Waals surface area contributed by atoms with E-state index in [9.17, 15) is 18.0 Å². The number of sulfonamides is 1. The molecule has 1 fully saturated rings. The molecule has 0 unspecified atom stereocenters. The van der Waals surface area contributed by atoms with E-state index in [2.05, 4.69) is 10.3 Å². The third-order valence-corrected chi connectivity index (χ3v) is 7.73. The van der Waals surface area contributed by atoms with Crippen molar-refractivity contribution in [3.63, 3.8) is 0 Å². The zero-order valence-electron chi connectivity index (χ0n) is 16.4. The van der Waals surface area contributed by atoms with Crippen LogP contribution in [0.4, 0.5) is 10.8 Å². The van der Waals surface area contributed by atoms with Gasteiger partial charge >= 0.3 is 0 Å². The molecular weight excluding hydrogens is 424 g/mol. The highest BCUT2D eigenvalue weighted by Gasteiger charge is 2.35. The number of aromatic nitrogens is 1. The van der Waals surface area contributed by atoms with Gasteiger partial charge in [0.05, 0.1) is 21.0 Å². The lowest BCUT2D eigenvalue weighted by atomic mass is 10.1. The fourth-order valence-corrected chi connectivity index (χ4v) is 5.05. The zero-order chi connectivity index (χ0) is 21.5. The van der Waals surface area contributed by atoms with E-state index in [4.69, 9.17) is 0 Å². The van der Waals surface area contributed by atoms with Crippen molar-refractivity contribution in [2.45, 2.75) is 11.3 Å². The molecule has 3 aromatic rings. The third kappa shape index (κ3) is 3.81. The summed E-state index contributed by atoms with van der Waals surface area (Å²) >= 11 is 1.39. The molecule has 10 heteroatoms. The summed E-state index contributed by atoms with van der Waals surface area (Å²) in [5, 5.41) is 3.32. The second-order valence-electron chi connectivity index (χ2n) is 7.16. The van der Waals surface area contributed by atoms with Crippen LogP contribution in [0.5, 0.6) is 0 Å². The number of hydrogen-bond acceptors (Lipinski definition) is 6. The Kier molecular flexibility index (Phi) is 5.31. The Morgan fingerprint density at radius 3 is 2.53 bits per heavy atom. The summed E-state index contributed by atoms with van der Waals surface area (Å²) in [6.07, 6.45) is 0.0917. The molecule has 1 aliphatic heterocycles. The van der Waals surface area contributed by atoms with E-state index in [1.165, 1.54) is 42.5 Å². The van der Waals surface area contributed by atoms with E-state index in [0.717, 1.165) is 14.5 Å². The lowest BCUT2D eigenvalue weighted by molar-refractivity contribution is -0.122. The van der Waals surface area contributed by atoms with Gasteiger partial charge in [0.15, 0.2) is 5.13 Å². The number of nitrogens with zero attached hydrogens (tertiary/aromatic N) is 3. The number of carbonyl (C=O) groups excluding carboxylic acids is 2. The number of para-hydroxylation sites is 1. The Labute approximate surface area is 178 Å². The van der Waals surface area contributed by atoms with Crippen molar-refractivity contribution in [1.29, 1.82) is 0 Å². The summed E-state index contributed by atoms with van der Waals surface area (Å²) in [5.74, 6) is -0.936. The molecule has 2 heterocycles. The van der Waals surface area contributed by atoms with Gasteiger partial charge in [-0.3, -0.25) is 9.59 Å². The third-order valence-electron chi connectivity index (χ3n) is 4.95. The van der Waals surface area contributed by atoms with Crippen LogP contribution in [0.3, 0.4) is 0 Å². The van der Waals surface area contributed by atoms with E-state index in [1.54, 1.807) is 12.1 Å². The van der Waals surface area contributed by atoms with Crippen LogP contribution in [-0.4, -0.2) is 50.2 Å². The first kappa shape index (κ1) is 20.5. The van der Waals surface area contributed by atoms with Crippen molar-refractivity contribution >= 4 is 54.2 Å². The summed E-state index contributed by atoms with van der Waals surface area (Å²) in [6.45, 7) is 0.231. The average molecular weight is 445 g/mol. The Balaban J connectivity index is 1.46. The van der Waals surface area contributed by atoms with Gasteiger partial charge < -0.3 is 10.2 Å². The highest BCUT2D eigenvalue weighted by Crippen LogP contribution is 2.29. The van der Waals surface area contributed by atoms with E-state index >= 15 is 0 Å². The topological polar surface area (TPSA) is 99.7 Å². The average Bonchev–Trinajstić information content (AvgIpc) is 3.30. The molecule has 30 heavy (non-hydrogen) atoms. The Bertz CT molecular complexity index is 1190. The molecule has 2 aromatic carbocycles. The van der Waals surface area contributed by atoms with Gasteiger partial charge in [0.25, 0.3) is 0 Å².